The van der Waals surface area contributed by atoms with E-state index < -0.39 is 0 Å². The van der Waals surface area contributed by atoms with Crippen molar-refractivity contribution in [1.82, 2.24) is 0 Å². The zero-order chi connectivity index (χ0) is 9.84. The van der Waals surface area contributed by atoms with Crippen LogP contribution >= 0.6 is 0 Å². The molecule has 1 nitrogen and oxygen atoms in total. The number of aromatic hydroxyl groups is 1. The van der Waals surface area contributed by atoms with Crippen LogP contribution in [0.25, 0.3) is 5.57 Å². The maximum absolute atomic E-state index is 9.58. The first-order valence-electron chi connectivity index (χ1n) is 4.24. The monoisotopic (exact) mass is 174 g/mol. The van der Waals surface area contributed by atoms with E-state index in [1.807, 2.05) is 19.1 Å². The molecule has 0 heterocycles. The molecular formula is C12H14O. The molecule has 1 heteroatoms. The van der Waals surface area contributed by atoms with Crippen LogP contribution < -0.4 is 0 Å². The molecule has 0 atom stereocenters. The Morgan fingerprint density at radius 3 is 2.77 bits per heavy atom. The largest absolute Gasteiger partial charge is 0.508 e. The topological polar surface area (TPSA) is 20.2 Å². The minimum absolute atomic E-state index is 0.320. The summed E-state index contributed by atoms with van der Waals surface area (Å²) in [6.07, 6.45) is 2.45. The van der Waals surface area contributed by atoms with Crippen LogP contribution in [0.4, 0.5) is 0 Å². The van der Waals surface area contributed by atoms with Crippen molar-refractivity contribution in [2.24, 2.45) is 0 Å². The lowest BCUT2D eigenvalue weighted by molar-refractivity contribution is 0.469. The Morgan fingerprint density at radius 2 is 2.23 bits per heavy atom. The minimum atomic E-state index is 0.320. The summed E-state index contributed by atoms with van der Waals surface area (Å²) >= 11 is 0. The van der Waals surface area contributed by atoms with E-state index in [1.165, 1.54) is 0 Å². The van der Waals surface area contributed by atoms with Crippen LogP contribution in [-0.2, 0) is 6.42 Å². The van der Waals surface area contributed by atoms with Gasteiger partial charge in [-0.1, -0.05) is 30.4 Å². The second-order valence-electron chi connectivity index (χ2n) is 3.08. The van der Waals surface area contributed by atoms with Gasteiger partial charge in [0.1, 0.15) is 5.75 Å². The fourth-order valence-electron chi connectivity index (χ4n) is 1.33. The number of phenolic OH excluding ortho intramolecular Hbond substituents is 1. The summed E-state index contributed by atoms with van der Waals surface area (Å²) in [7, 11) is 0. The van der Waals surface area contributed by atoms with Crippen molar-refractivity contribution in [3.63, 3.8) is 0 Å². The molecule has 0 aliphatic carbocycles. The van der Waals surface area contributed by atoms with Crippen molar-refractivity contribution in [3.8, 4) is 5.75 Å². The SMILES string of the molecule is C=CCc1c(O)cccc1C(=C)C. The highest BCUT2D eigenvalue weighted by Gasteiger charge is 2.05. The maximum Gasteiger partial charge on any atom is 0.119 e. The molecule has 0 aliphatic rings. The molecule has 0 aliphatic heterocycles. The van der Waals surface area contributed by atoms with Gasteiger partial charge in [-0.25, -0.2) is 0 Å². The average Bonchev–Trinajstić information content (AvgIpc) is 2.08. The van der Waals surface area contributed by atoms with E-state index in [-0.39, 0.29) is 0 Å². The summed E-state index contributed by atoms with van der Waals surface area (Å²) in [6, 6.07) is 5.47. The van der Waals surface area contributed by atoms with E-state index in [9.17, 15) is 5.11 Å². The molecule has 0 fully saturated rings. The van der Waals surface area contributed by atoms with E-state index in [4.69, 9.17) is 0 Å². The Kier molecular flexibility index (Phi) is 2.91. The van der Waals surface area contributed by atoms with Gasteiger partial charge in [0.05, 0.1) is 0 Å². The van der Waals surface area contributed by atoms with Crippen LogP contribution in [0.2, 0.25) is 0 Å². The number of hydrogen-bond acceptors (Lipinski definition) is 1. The van der Waals surface area contributed by atoms with Crippen LogP contribution in [0.1, 0.15) is 18.1 Å². The maximum atomic E-state index is 9.58. The first-order valence-corrected chi connectivity index (χ1v) is 4.24. The molecule has 0 saturated carbocycles. The Balaban J connectivity index is 3.24. The Hall–Kier alpha value is -1.50. The van der Waals surface area contributed by atoms with Gasteiger partial charge in [0, 0.05) is 5.56 Å². The molecule has 0 amide bonds. The van der Waals surface area contributed by atoms with E-state index in [1.54, 1.807) is 12.1 Å². The van der Waals surface area contributed by atoms with Crippen molar-refractivity contribution in [3.05, 3.63) is 48.6 Å². The summed E-state index contributed by atoms with van der Waals surface area (Å²) in [4.78, 5) is 0. The van der Waals surface area contributed by atoms with Gasteiger partial charge in [0.2, 0.25) is 0 Å². The average molecular weight is 174 g/mol. The van der Waals surface area contributed by atoms with Crippen LogP contribution in [0, 0.1) is 0 Å². The number of phenols is 1. The molecular weight excluding hydrogens is 160 g/mol. The second kappa shape index (κ2) is 3.94. The normalized spacial score (nSPS) is 9.62. The summed E-state index contributed by atoms with van der Waals surface area (Å²) < 4.78 is 0. The van der Waals surface area contributed by atoms with Crippen molar-refractivity contribution in [2.45, 2.75) is 13.3 Å². The number of benzene rings is 1. The van der Waals surface area contributed by atoms with Gasteiger partial charge < -0.3 is 5.11 Å². The molecule has 68 valence electrons. The second-order valence-corrected chi connectivity index (χ2v) is 3.08. The van der Waals surface area contributed by atoms with Crippen LogP contribution in [0.15, 0.2) is 37.4 Å². The van der Waals surface area contributed by atoms with E-state index in [2.05, 4.69) is 13.2 Å². The summed E-state index contributed by atoms with van der Waals surface area (Å²) in [5, 5.41) is 9.58. The summed E-state index contributed by atoms with van der Waals surface area (Å²) in [5.74, 6) is 0.320. The molecule has 0 saturated heterocycles. The lowest BCUT2D eigenvalue weighted by Crippen LogP contribution is -1.90. The van der Waals surface area contributed by atoms with Crippen LogP contribution in [0.5, 0.6) is 5.75 Å². The van der Waals surface area contributed by atoms with Crippen molar-refractivity contribution in [1.29, 1.82) is 0 Å². The lowest BCUT2D eigenvalue weighted by atomic mass is 9.99. The van der Waals surface area contributed by atoms with Gasteiger partial charge in [-0.2, -0.15) is 0 Å². The van der Waals surface area contributed by atoms with Crippen LogP contribution in [0.3, 0.4) is 0 Å². The molecule has 0 unspecified atom stereocenters. The van der Waals surface area contributed by atoms with Crippen molar-refractivity contribution in [2.75, 3.05) is 0 Å². The Labute approximate surface area is 79.0 Å². The molecule has 0 bridgehead atoms. The third-order valence-corrected chi connectivity index (χ3v) is 1.96. The van der Waals surface area contributed by atoms with Gasteiger partial charge in [-0.3, -0.25) is 0 Å². The molecule has 1 aromatic rings. The molecule has 1 rings (SSSR count). The molecule has 1 N–H and O–H groups in total. The Bertz CT molecular complexity index is 337. The molecule has 13 heavy (non-hydrogen) atoms. The third kappa shape index (κ3) is 2.00. The van der Waals surface area contributed by atoms with Crippen molar-refractivity contribution >= 4 is 5.57 Å². The van der Waals surface area contributed by atoms with Gasteiger partial charge in [0.15, 0.2) is 0 Å². The van der Waals surface area contributed by atoms with Gasteiger partial charge >= 0.3 is 0 Å². The zero-order valence-corrected chi connectivity index (χ0v) is 7.88. The highest BCUT2D eigenvalue weighted by molar-refractivity contribution is 5.67. The molecule has 0 aromatic heterocycles. The smallest absolute Gasteiger partial charge is 0.119 e. The molecule has 0 radical (unpaired) electrons. The van der Waals surface area contributed by atoms with Gasteiger partial charge in [-0.15, -0.1) is 6.58 Å². The summed E-state index contributed by atoms with van der Waals surface area (Å²) in [5.41, 5.74) is 2.89. The zero-order valence-electron chi connectivity index (χ0n) is 7.88. The highest BCUT2D eigenvalue weighted by atomic mass is 16.3. The standard InChI is InChI=1S/C12H14O/c1-4-6-11-10(9(2)3)7-5-8-12(11)13/h4-5,7-8,13H,1-2,6H2,3H3. The predicted octanol–water partition coefficient (Wildman–Crippen LogP) is 3.15. The van der Waals surface area contributed by atoms with E-state index in [0.29, 0.717) is 12.2 Å². The van der Waals surface area contributed by atoms with E-state index >= 15 is 0 Å². The Morgan fingerprint density at radius 1 is 1.54 bits per heavy atom. The van der Waals surface area contributed by atoms with Crippen molar-refractivity contribution < 1.29 is 5.11 Å². The number of rotatable bonds is 3. The quantitative estimate of drug-likeness (QED) is 0.698. The van der Waals surface area contributed by atoms with Gasteiger partial charge in [-0.05, 0) is 25.0 Å². The first kappa shape index (κ1) is 9.59. The molecule has 0 spiro atoms. The van der Waals surface area contributed by atoms with Crippen LogP contribution in [-0.4, -0.2) is 5.11 Å². The lowest BCUT2D eigenvalue weighted by Gasteiger charge is -2.08. The fraction of sp³-hybridized carbons (Fsp3) is 0.167. The van der Waals surface area contributed by atoms with Gasteiger partial charge in [0.25, 0.3) is 0 Å². The minimum Gasteiger partial charge on any atom is -0.508 e. The first-order chi connectivity index (χ1) is 6.16. The van der Waals surface area contributed by atoms with E-state index in [0.717, 1.165) is 16.7 Å². The number of allylic oxidation sites excluding steroid dienone is 2. The number of hydrogen-bond donors (Lipinski definition) is 1. The predicted molar refractivity (Wildman–Crippen MR) is 56.7 cm³/mol. The fourth-order valence-corrected chi connectivity index (χ4v) is 1.33. The molecule has 1 aromatic carbocycles. The highest BCUT2D eigenvalue weighted by Crippen LogP contribution is 2.26. The third-order valence-electron chi connectivity index (χ3n) is 1.96. The summed E-state index contributed by atoms with van der Waals surface area (Å²) in [6.45, 7) is 9.45.